The van der Waals surface area contributed by atoms with Gasteiger partial charge in [-0.05, 0) is 25.7 Å². The van der Waals surface area contributed by atoms with Crippen LogP contribution in [0.15, 0.2) is 15.7 Å². The number of urea groups is 1. The number of carbonyl (C=O) groups excluding carboxylic acids is 2. The number of nitrogens with one attached hydrogen (secondary N) is 1. The van der Waals surface area contributed by atoms with Gasteiger partial charge in [-0.1, -0.05) is 13.8 Å². The van der Waals surface area contributed by atoms with Crippen molar-refractivity contribution in [1.29, 1.82) is 0 Å². The highest BCUT2D eigenvalue weighted by Crippen LogP contribution is 2.25. The van der Waals surface area contributed by atoms with Crippen molar-refractivity contribution >= 4 is 11.9 Å². The lowest BCUT2D eigenvalue weighted by Crippen LogP contribution is -2.44. The quantitative estimate of drug-likeness (QED) is 0.784. The minimum Gasteiger partial charge on any atom is -0.323 e. The van der Waals surface area contributed by atoms with Crippen molar-refractivity contribution < 1.29 is 9.59 Å². The van der Waals surface area contributed by atoms with Crippen molar-refractivity contribution in [3.05, 3.63) is 32.6 Å². The van der Waals surface area contributed by atoms with Gasteiger partial charge in [0.05, 0.1) is 6.54 Å². The van der Waals surface area contributed by atoms with Gasteiger partial charge in [0.1, 0.15) is 5.54 Å². The summed E-state index contributed by atoms with van der Waals surface area (Å²) in [6.07, 6.45) is 1.35. The Morgan fingerprint density at radius 3 is 2.33 bits per heavy atom. The lowest BCUT2D eigenvalue weighted by molar-refractivity contribution is -0.131. The van der Waals surface area contributed by atoms with E-state index in [1.165, 1.54) is 24.7 Å². The highest BCUT2D eigenvalue weighted by molar-refractivity contribution is 6.06. The van der Waals surface area contributed by atoms with E-state index in [1.54, 1.807) is 6.92 Å². The van der Waals surface area contributed by atoms with Crippen LogP contribution in [0.3, 0.4) is 0 Å². The summed E-state index contributed by atoms with van der Waals surface area (Å²) in [7, 11) is 2.89. The topological polar surface area (TPSA) is 93.4 Å². The summed E-state index contributed by atoms with van der Waals surface area (Å²) in [5, 5.41) is 2.73. The second kappa shape index (κ2) is 6.26. The van der Waals surface area contributed by atoms with Crippen molar-refractivity contribution in [3.63, 3.8) is 0 Å². The van der Waals surface area contributed by atoms with Crippen LogP contribution in [0, 0.1) is 5.92 Å². The monoisotopic (exact) mass is 336 g/mol. The fraction of sp³-hybridized carbons (Fsp3) is 0.625. The number of rotatable bonds is 5. The molecular weight excluding hydrogens is 312 g/mol. The van der Waals surface area contributed by atoms with E-state index in [1.807, 2.05) is 0 Å². The van der Waals surface area contributed by atoms with E-state index < -0.39 is 22.8 Å². The molecule has 0 aromatic carbocycles. The van der Waals surface area contributed by atoms with E-state index in [-0.39, 0.29) is 12.5 Å². The third kappa shape index (κ3) is 3.13. The van der Waals surface area contributed by atoms with Crippen molar-refractivity contribution in [2.24, 2.45) is 20.0 Å². The first kappa shape index (κ1) is 18.0. The highest BCUT2D eigenvalue weighted by atomic mass is 16.2. The third-order valence-electron chi connectivity index (χ3n) is 4.51. The summed E-state index contributed by atoms with van der Waals surface area (Å²) in [4.78, 5) is 49.7. The van der Waals surface area contributed by atoms with Crippen LogP contribution >= 0.6 is 0 Å². The molecule has 1 aromatic heterocycles. The molecule has 2 heterocycles. The zero-order valence-electron chi connectivity index (χ0n) is 14.8. The Balaban J connectivity index is 2.28. The Kier molecular flexibility index (Phi) is 4.68. The van der Waals surface area contributed by atoms with Gasteiger partial charge in [0.15, 0.2) is 0 Å². The summed E-state index contributed by atoms with van der Waals surface area (Å²) >= 11 is 0. The molecule has 0 bridgehead atoms. The van der Waals surface area contributed by atoms with Crippen molar-refractivity contribution in [3.8, 4) is 0 Å². The molecule has 2 rings (SSSR count). The average molecular weight is 336 g/mol. The molecule has 3 amide bonds. The van der Waals surface area contributed by atoms with E-state index in [0.29, 0.717) is 18.0 Å². The molecule has 8 nitrogen and oxygen atoms in total. The van der Waals surface area contributed by atoms with Gasteiger partial charge in [0.25, 0.3) is 11.5 Å². The lowest BCUT2D eigenvalue weighted by atomic mass is 9.92. The van der Waals surface area contributed by atoms with E-state index in [2.05, 4.69) is 19.2 Å². The van der Waals surface area contributed by atoms with Gasteiger partial charge in [-0.3, -0.25) is 23.6 Å². The molecule has 0 spiro atoms. The predicted molar refractivity (Wildman–Crippen MR) is 88.5 cm³/mol. The first-order valence-corrected chi connectivity index (χ1v) is 7.97. The average Bonchev–Trinajstić information content (AvgIpc) is 2.72. The fourth-order valence-corrected chi connectivity index (χ4v) is 2.73. The Hall–Kier alpha value is -2.38. The number of hydrogen-bond acceptors (Lipinski definition) is 4. The summed E-state index contributed by atoms with van der Waals surface area (Å²) < 4.78 is 2.24. The van der Waals surface area contributed by atoms with Crippen molar-refractivity contribution in [1.82, 2.24) is 19.4 Å². The summed E-state index contributed by atoms with van der Waals surface area (Å²) in [6.45, 7) is 5.71. The van der Waals surface area contributed by atoms with E-state index in [4.69, 9.17) is 0 Å². The van der Waals surface area contributed by atoms with Gasteiger partial charge >= 0.3 is 11.7 Å². The summed E-state index contributed by atoms with van der Waals surface area (Å²) in [5.41, 5.74) is -1.59. The van der Waals surface area contributed by atoms with E-state index in [0.717, 1.165) is 15.9 Å². The number of hydrogen-bond donors (Lipinski definition) is 1. The van der Waals surface area contributed by atoms with Crippen molar-refractivity contribution in [2.75, 3.05) is 0 Å². The molecule has 132 valence electrons. The number of aromatic nitrogens is 2. The van der Waals surface area contributed by atoms with Crippen LogP contribution in [0.1, 0.15) is 39.3 Å². The largest absolute Gasteiger partial charge is 0.330 e. The highest BCUT2D eigenvalue weighted by Gasteiger charge is 2.47. The van der Waals surface area contributed by atoms with Crippen LogP contribution in [0.5, 0.6) is 0 Å². The maximum absolute atomic E-state index is 12.7. The molecule has 24 heavy (non-hydrogen) atoms. The van der Waals surface area contributed by atoms with Crippen molar-refractivity contribution in [2.45, 2.75) is 45.7 Å². The second-order valence-corrected chi connectivity index (χ2v) is 6.96. The maximum Gasteiger partial charge on any atom is 0.330 e. The standard InChI is InChI=1S/C16H24N4O4/c1-10(2)6-7-16(3)13(22)20(14(23)17-16)9-11-8-12(21)19(5)15(24)18(11)4/h8,10H,6-7,9H2,1-5H3,(H,17,23)/t16-/m1/s1. The molecule has 1 aliphatic heterocycles. The van der Waals surface area contributed by atoms with Crippen LogP contribution in [0.2, 0.25) is 0 Å². The first-order chi connectivity index (χ1) is 11.1. The summed E-state index contributed by atoms with van der Waals surface area (Å²) in [6, 6.07) is 0.769. The maximum atomic E-state index is 12.7. The fourth-order valence-electron chi connectivity index (χ4n) is 2.73. The molecule has 0 unspecified atom stereocenters. The molecule has 0 saturated carbocycles. The molecule has 0 aliphatic carbocycles. The van der Waals surface area contributed by atoms with Crippen LogP contribution in [-0.2, 0) is 25.4 Å². The predicted octanol–water partition coefficient (Wildman–Crippen LogP) is 0.331. The van der Waals surface area contributed by atoms with Gasteiger partial charge in [-0.25, -0.2) is 9.59 Å². The number of nitrogens with zero attached hydrogens (tertiary/aromatic N) is 3. The number of carbonyl (C=O) groups is 2. The van der Waals surface area contributed by atoms with Gasteiger partial charge in [0.2, 0.25) is 0 Å². The van der Waals surface area contributed by atoms with Crippen LogP contribution in [-0.4, -0.2) is 31.5 Å². The van der Waals surface area contributed by atoms with E-state index >= 15 is 0 Å². The molecule has 1 saturated heterocycles. The van der Waals surface area contributed by atoms with Crippen LogP contribution in [0.4, 0.5) is 4.79 Å². The van der Waals surface area contributed by atoms with Gasteiger partial charge < -0.3 is 5.32 Å². The Bertz CT molecular complexity index is 792. The molecule has 1 aliphatic rings. The molecule has 1 aromatic rings. The zero-order chi connectivity index (χ0) is 18.2. The Morgan fingerprint density at radius 2 is 1.75 bits per heavy atom. The first-order valence-electron chi connectivity index (χ1n) is 7.97. The Labute approximate surface area is 140 Å². The van der Waals surface area contributed by atoms with Gasteiger partial charge in [-0.15, -0.1) is 0 Å². The molecule has 1 atom stereocenters. The molecule has 1 fully saturated rings. The van der Waals surface area contributed by atoms with Crippen LogP contribution < -0.4 is 16.6 Å². The number of amides is 3. The molecule has 0 radical (unpaired) electrons. The smallest absolute Gasteiger partial charge is 0.323 e. The third-order valence-corrected chi connectivity index (χ3v) is 4.51. The normalized spacial score (nSPS) is 20.8. The molecule has 1 N–H and O–H groups in total. The van der Waals surface area contributed by atoms with Gasteiger partial charge in [0, 0.05) is 25.9 Å². The minimum atomic E-state index is -0.944. The Morgan fingerprint density at radius 1 is 1.12 bits per heavy atom. The number of imide groups is 1. The SMILES string of the molecule is CC(C)CC[C@@]1(C)NC(=O)N(Cc2cc(=O)n(C)c(=O)n2C)C1=O. The molecular formula is C16H24N4O4. The van der Waals surface area contributed by atoms with Crippen LogP contribution in [0.25, 0.3) is 0 Å². The lowest BCUT2D eigenvalue weighted by Gasteiger charge is -2.22. The van der Waals surface area contributed by atoms with E-state index in [9.17, 15) is 19.2 Å². The minimum absolute atomic E-state index is 0.107. The second-order valence-electron chi connectivity index (χ2n) is 6.96. The molecule has 8 heteroatoms. The summed E-state index contributed by atoms with van der Waals surface area (Å²) in [5.74, 6) is 0.0832. The van der Waals surface area contributed by atoms with Gasteiger partial charge in [-0.2, -0.15) is 0 Å². The zero-order valence-corrected chi connectivity index (χ0v) is 14.8.